The average Bonchev–Trinajstić information content (AvgIpc) is 2.91. The van der Waals surface area contributed by atoms with Crippen LogP contribution in [0.5, 0.6) is 0 Å². The first-order chi connectivity index (χ1) is 9.08. The molecule has 0 bridgehead atoms. The van der Waals surface area contributed by atoms with Crippen LogP contribution in [0.15, 0.2) is 12.3 Å². The maximum absolute atomic E-state index is 10.00. The monoisotopic (exact) mass is 277 g/mol. The second-order valence-corrected chi connectivity index (χ2v) is 6.10. The molecule has 3 atom stereocenters. The van der Waals surface area contributed by atoms with E-state index in [1.165, 1.54) is 0 Å². The SMILES string of the molecule is Cc1ccnc(N2CC3CCC(O)C3C2)c1C(N)=S. The molecule has 102 valence electrons. The van der Waals surface area contributed by atoms with E-state index in [1.54, 1.807) is 6.20 Å². The number of aromatic nitrogens is 1. The Morgan fingerprint density at radius 2 is 2.26 bits per heavy atom. The number of hydrogen-bond acceptors (Lipinski definition) is 4. The van der Waals surface area contributed by atoms with E-state index in [2.05, 4.69) is 9.88 Å². The lowest BCUT2D eigenvalue weighted by atomic mass is 10.00. The molecule has 1 aliphatic carbocycles. The van der Waals surface area contributed by atoms with Crippen molar-refractivity contribution in [3.8, 4) is 0 Å². The first kappa shape index (κ1) is 12.8. The second-order valence-electron chi connectivity index (χ2n) is 5.66. The third-order valence-electron chi connectivity index (χ3n) is 4.50. The molecular formula is C14H19N3OS. The maximum atomic E-state index is 10.00. The van der Waals surface area contributed by atoms with Crippen molar-refractivity contribution in [3.63, 3.8) is 0 Å². The number of nitrogens with two attached hydrogens (primary N) is 1. The average molecular weight is 277 g/mol. The first-order valence-corrected chi connectivity index (χ1v) is 7.17. The van der Waals surface area contributed by atoms with Gasteiger partial charge in [0.25, 0.3) is 0 Å². The van der Waals surface area contributed by atoms with Gasteiger partial charge in [0, 0.05) is 25.2 Å². The Bertz CT molecular complexity index is 519. The number of pyridine rings is 1. The van der Waals surface area contributed by atoms with Crippen LogP contribution in [0.25, 0.3) is 0 Å². The van der Waals surface area contributed by atoms with Gasteiger partial charge in [-0.05, 0) is 37.3 Å². The van der Waals surface area contributed by atoms with Crippen LogP contribution >= 0.6 is 12.2 Å². The zero-order valence-electron chi connectivity index (χ0n) is 11.0. The van der Waals surface area contributed by atoms with E-state index in [0.717, 1.165) is 42.9 Å². The predicted molar refractivity (Wildman–Crippen MR) is 79.3 cm³/mol. The highest BCUT2D eigenvalue weighted by Gasteiger charge is 2.42. The van der Waals surface area contributed by atoms with Crippen LogP contribution in [0, 0.1) is 18.8 Å². The standard InChI is InChI=1S/C14H19N3OS/c1-8-4-5-16-14(12(8)13(15)19)17-6-9-2-3-11(18)10(9)7-17/h4-5,9-11,18H,2-3,6-7H2,1H3,(H2,15,19). The van der Waals surface area contributed by atoms with Gasteiger partial charge in [0.2, 0.25) is 0 Å². The van der Waals surface area contributed by atoms with Gasteiger partial charge in [-0.15, -0.1) is 0 Å². The van der Waals surface area contributed by atoms with Gasteiger partial charge in [-0.3, -0.25) is 0 Å². The Morgan fingerprint density at radius 3 is 2.95 bits per heavy atom. The van der Waals surface area contributed by atoms with Gasteiger partial charge in [0.15, 0.2) is 0 Å². The number of nitrogens with zero attached hydrogens (tertiary/aromatic N) is 2. The maximum Gasteiger partial charge on any atom is 0.139 e. The Kier molecular flexibility index (Phi) is 3.19. The lowest BCUT2D eigenvalue weighted by molar-refractivity contribution is 0.133. The number of rotatable bonds is 2. The van der Waals surface area contributed by atoms with Crippen molar-refractivity contribution < 1.29 is 5.11 Å². The summed E-state index contributed by atoms with van der Waals surface area (Å²) in [5, 5.41) is 10.00. The summed E-state index contributed by atoms with van der Waals surface area (Å²) in [4.78, 5) is 7.11. The number of aliphatic hydroxyl groups excluding tert-OH is 1. The summed E-state index contributed by atoms with van der Waals surface area (Å²) in [6.45, 7) is 3.82. The molecule has 3 unspecified atom stereocenters. The molecule has 3 rings (SSSR count). The minimum atomic E-state index is -0.159. The molecule has 1 aromatic rings. The Morgan fingerprint density at radius 1 is 1.47 bits per heavy atom. The van der Waals surface area contributed by atoms with Crippen molar-refractivity contribution in [2.45, 2.75) is 25.9 Å². The molecule has 3 N–H and O–H groups in total. The summed E-state index contributed by atoms with van der Waals surface area (Å²) in [6.07, 6.45) is 3.69. The second kappa shape index (κ2) is 4.72. The van der Waals surface area contributed by atoms with Crippen LogP contribution in [0.2, 0.25) is 0 Å². The number of anilines is 1. The van der Waals surface area contributed by atoms with Gasteiger partial charge >= 0.3 is 0 Å². The highest BCUT2D eigenvalue weighted by atomic mass is 32.1. The molecule has 1 saturated carbocycles. The van der Waals surface area contributed by atoms with E-state index in [0.29, 0.717) is 16.8 Å². The zero-order valence-corrected chi connectivity index (χ0v) is 11.9. The van der Waals surface area contributed by atoms with Crippen molar-refractivity contribution in [2.75, 3.05) is 18.0 Å². The van der Waals surface area contributed by atoms with Crippen molar-refractivity contribution >= 4 is 23.0 Å². The molecule has 1 aromatic heterocycles. The van der Waals surface area contributed by atoms with Crippen LogP contribution in [-0.4, -0.2) is 34.3 Å². The van der Waals surface area contributed by atoms with Crippen LogP contribution in [0.3, 0.4) is 0 Å². The van der Waals surface area contributed by atoms with Gasteiger partial charge in [-0.1, -0.05) is 12.2 Å². The van der Waals surface area contributed by atoms with Gasteiger partial charge in [0.1, 0.15) is 10.8 Å². The van der Waals surface area contributed by atoms with Gasteiger partial charge in [-0.25, -0.2) is 4.98 Å². The minimum absolute atomic E-state index is 0.159. The van der Waals surface area contributed by atoms with E-state index < -0.39 is 0 Å². The molecule has 2 aliphatic rings. The lowest BCUT2D eigenvalue weighted by Gasteiger charge is -2.22. The Labute approximate surface area is 118 Å². The number of hydrogen-bond donors (Lipinski definition) is 2. The molecule has 5 heteroatoms. The highest BCUT2D eigenvalue weighted by molar-refractivity contribution is 7.80. The van der Waals surface area contributed by atoms with E-state index in [1.807, 2.05) is 13.0 Å². The predicted octanol–water partition coefficient (Wildman–Crippen LogP) is 1.23. The normalized spacial score (nSPS) is 29.6. The number of aryl methyl sites for hydroxylation is 1. The fourth-order valence-corrected chi connectivity index (χ4v) is 3.75. The summed E-state index contributed by atoms with van der Waals surface area (Å²) in [7, 11) is 0. The van der Waals surface area contributed by atoms with Crippen LogP contribution < -0.4 is 10.6 Å². The molecule has 1 saturated heterocycles. The summed E-state index contributed by atoms with van der Waals surface area (Å²) in [6, 6.07) is 1.93. The summed E-state index contributed by atoms with van der Waals surface area (Å²) in [5.74, 6) is 1.84. The van der Waals surface area contributed by atoms with Crippen LogP contribution in [0.4, 0.5) is 5.82 Å². The van der Waals surface area contributed by atoms with Gasteiger partial charge in [0.05, 0.1) is 11.7 Å². The first-order valence-electron chi connectivity index (χ1n) is 6.76. The highest BCUT2D eigenvalue weighted by Crippen LogP contribution is 2.40. The third-order valence-corrected chi connectivity index (χ3v) is 4.71. The topological polar surface area (TPSA) is 62.4 Å². The zero-order chi connectivity index (χ0) is 13.6. The van der Waals surface area contributed by atoms with Gasteiger partial charge < -0.3 is 15.7 Å². The third kappa shape index (κ3) is 2.11. The molecular weight excluding hydrogens is 258 g/mol. The van der Waals surface area contributed by atoms with Gasteiger partial charge in [-0.2, -0.15) is 0 Å². The Balaban J connectivity index is 1.92. The fourth-order valence-electron chi connectivity index (χ4n) is 3.50. The number of aliphatic hydroxyl groups is 1. The quantitative estimate of drug-likeness (QED) is 0.796. The van der Waals surface area contributed by atoms with E-state index in [4.69, 9.17) is 18.0 Å². The summed E-state index contributed by atoms with van der Waals surface area (Å²) in [5.41, 5.74) is 7.79. The largest absolute Gasteiger partial charge is 0.393 e. The molecule has 19 heavy (non-hydrogen) atoms. The van der Waals surface area contributed by atoms with Crippen molar-refractivity contribution in [3.05, 3.63) is 23.4 Å². The smallest absolute Gasteiger partial charge is 0.139 e. The molecule has 2 heterocycles. The molecule has 0 amide bonds. The lowest BCUT2D eigenvalue weighted by Crippen LogP contribution is -2.28. The van der Waals surface area contributed by atoms with Crippen LogP contribution in [-0.2, 0) is 0 Å². The summed E-state index contributed by atoms with van der Waals surface area (Å²) < 4.78 is 0. The number of fused-ring (bicyclic) bond motifs is 1. The van der Waals surface area contributed by atoms with E-state index in [9.17, 15) is 5.11 Å². The molecule has 0 radical (unpaired) electrons. The molecule has 0 spiro atoms. The Hall–Kier alpha value is -1.20. The summed E-state index contributed by atoms with van der Waals surface area (Å²) >= 11 is 5.16. The molecule has 0 aromatic carbocycles. The molecule has 1 aliphatic heterocycles. The van der Waals surface area contributed by atoms with Crippen molar-refractivity contribution in [1.82, 2.24) is 4.98 Å². The molecule has 2 fully saturated rings. The minimum Gasteiger partial charge on any atom is -0.393 e. The van der Waals surface area contributed by atoms with Crippen molar-refractivity contribution in [2.24, 2.45) is 17.6 Å². The van der Waals surface area contributed by atoms with E-state index in [-0.39, 0.29) is 6.10 Å². The number of thiocarbonyl (C=S) groups is 1. The fraction of sp³-hybridized carbons (Fsp3) is 0.571. The van der Waals surface area contributed by atoms with Crippen molar-refractivity contribution in [1.29, 1.82) is 0 Å². The van der Waals surface area contributed by atoms with Crippen LogP contribution in [0.1, 0.15) is 24.0 Å². The molecule has 4 nitrogen and oxygen atoms in total. The van der Waals surface area contributed by atoms with E-state index >= 15 is 0 Å².